The number of nitrogen functional groups attached to an aromatic ring is 2. The number of nitrogens with two attached hydrogens (primary N) is 2. The monoisotopic (exact) mass is 217 g/mol. The largest absolute Gasteiger partial charge is 0.368 e. The average molecular weight is 217 g/mol. The van der Waals surface area contributed by atoms with Gasteiger partial charge < -0.3 is 11.5 Å². The fourth-order valence-corrected chi connectivity index (χ4v) is 1.61. The molecule has 0 unspecified atom stereocenters. The summed E-state index contributed by atoms with van der Waals surface area (Å²) in [6, 6.07) is 10.3. The van der Waals surface area contributed by atoms with Crippen molar-refractivity contribution in [2.75, 3.05) is 11.5 Å². The van der Waals surface area contributed by atoms with E-state index in [0.29, 0.717) is 5.95 Å². The zero-order valence-corrected chi connectivity index (χ0v) is 9.00. The summed E-state index contributed by atoms with van der Waals surface area (Å²) in [6.07, 6.45) is 1.97. The Morgan fingerprint density at radius 1 is 1.12 bits per heavy atom. The van der Waals surface area contributed by atoms with Gasteiger partial charge in [-0.25, -0.2) is 4.68 Å². The van der Waals surface area contributed by atoms with Crippen molar-refractivity contribution in [2.45, 2.75) is 19.4 Å². The average Bonchev–Trinajstić information content (AvgIpc) is 2.59. The maximum absolute atomic E-state index is 5.63. The molecule has 0 saturated heterocycles. The molecule has 0 aliphatic heterocycles. The lowest BCUT2D eigenvalue weighted by Crippen LogP contribution is -2.06. The highest BCUT2D eigenvalue weighted by molar-refractivity contribution is 5.26. The quantitative estimate of drug-likeness (QED) is 0.802. The van der Waals surface area contributed by atoms with Crippen LogP contribution >= 0.6 is 0 Å². The van der Waals surface area contributed by atoms with Gasteiger partial charge in [0.1, 0.15) is 0 Å². The molecule has 2 rings (SSSR count). The number of nitrogens with zero attached hydrogens (tertiary/aromatic N) is 3. The van der Waals surface area contributed by atoms with Crippen molar-refractivity contribution in [1.29, 1.82) is 0 Å². The highest BCUT2D eigenvalue weighted by Gasteiger charge is 2.02. The van der Waals surface area contributed by atoms with Gasteiger partial charge >= 0.3 is 0 Å². The minimum absolute atomic E-state index is 0.234. The van der Waals surface area contributed by atoms with E-state index < -0.39 is 0 Å². The number of benzene rings is 1. The zero-order valence-electron chi connectivity index (χ0n) is 9.00. The van der Waals surface area contributed by atoms with Crippen LogP contribution in [0.5, 0.6) is 0 Å². The van der Waals surface area contributed by atoms with Gasteiger partial charge in [-0.05, 0) is 18.4 Å². The Morgan fingerprint density at radius 3 is 2.50 bits per heavy atom. The Labute approximate surface area is 94.1 Å². The normalized spacial score (nSPS) is 10.5. The molecular formula is C11H15N5. The van der Waals surface area contributed by atoms with Crippen LogP contribution < -0.4 is 11.5 Å². The second-order valence-corrected chi connectivity index (χ2v) is 3.64. The predicted octanol–water partition coefficient (Wildman–Crippen LogP) is 1.08. The summed E-state index contributed by atoms with van der Waals surface area (Å²) in [7, 11) is 0. The SMILES string of the molecule is Nc1nc(N)n(CCCc2ccccc2)n1. The van der Waals surface area contributed by atoms with Crippen LogP contribution in [0, 0.1) is 0 Å². The second-order valence-electron chi connectivity index (χ2n) is 3.64. The van der Waals surface area contributed by atoms with Gasteiger partial charge in [-0.15, -0.1) is 5.10 Å². The van der Waals surface area contributed by atoms with Crippen molar-refractivity contribution in [2.24, 2.45) is 0 Å². The fraction of sp³-hybridized carbons (Fsp3) is 0.273. The Balaban J connectivity index is 1.87. The molecule has 1 aromatic heterocycles. The molecule has 16 heavy (non-hydrogen) atoms. The van der Waals surface area contributed by atoms with Gasteiger partial charge in [0.25, 0.3) is 0 Å². The molecule has 0 aliphatic rings. The number of aryl methyl sites for hydroxylation is 2. The summed E-state index contributed by atoms with van der Waals surface area (Å²) in [5.41, 5.74) is 12.4. The summed E-state index contributed by atoms with van der Waals surface area (Å²) in [6.45, 7) is 0.741. The number of anilines is 2. The van der Waals surface area contributed by atoms with E-state index in [1.807, 2.05) is 18.2 Å². The summed E-state index contributed by atoms with van der Waals surface area (Å²) in [5, 5.41) is 4.00. The first-order chi connectivity index (χ1) is 7.75. The Kier molecular flexibility index (Phi) is 3.05. The van der Waals surface area contributed by atoms with Crippen molar-refractivity contribution in [3.63, 3.8) is 0 Å². The van der Waals surface area contributed by atoms with Gasteiger partial charge in [0.05, 0.1) is 0 Å². The first kappa shape index (κ1) is 10.5. The van der Waals surface area contributed by atoms with Crippen LogP contribution in [0.1, 0.15) is 12.0 Å². The van der Waals surface area contributed by atoms with E-state index in [1.165, 1.54) is 5.56 Å². The highest BCUT2D eigenvalue weighted by Crippen LogP contribution is 2.06. The molecule has 0 bridgehead atoms. The smallest absolute Gasteiger partial charge is 0.241 e. The fourth-order valence-electron chi connectivity index (χ4n) is 1.61. The number of hydrogen-bond acceptors (Lipinski definition) is 4. The number of rotatable bonds is 4. The first-order valence-electron chi connectivity index (χ1n) is 5.25. The van der Waals surface area contributed by atoms with Crippen LogP contribution in [0.2, 0.25) is 0 Å². The van der Waals surface area contributed by atoms with Crippen LogP contribution in [0.15, 0.2) is 30.3 Å². The molecule has 0 aliphatic carbocycles. The lowest BCUT2D eigenvalue weighted by molar-refractivity contribution is 0.587. The number of aromatic nitrogens is 3. The predicted molar refractivity (Wildman–Crippen MR) is 63.6 cm³/mol. The van der Waals surface area contributed by atoms with E-state index in [4.69, 9.17) is 11.5 Å². The maximum Gasteiger partial charge on any atom is 0.241 e. The lowest BCUT2D eigenvalue weighted by Gasteiger charge is -2.02. The summed E-state index contributed by atoms with van der Waals surface area (Å²) in [4.78, 5) is 3.84. The van der Waals surface area contributed by atoms with Gasteiger partial charge in [0.15, 0.2) is 0 Å². The molecule has 5 nitrogen and oxygen atoms in total. The molecule has 1 aromatic carbocycles. The van der Waals surface area contributed by atoms with Crippen LogP contribution in [-0.4, -0.2) is 14.8 Å². The molecule has 0 atom stereocenters. The van der Waals surface area contributed by atoms with E-state index in [2.05, 4.69) is 22.2 Å². The van der Waals surface area contributed by atoms with Crippen molar-refractivity contribution < 1.29 is 0 Å². The minimum atomic E-state index is 0.234. The van der Waals surface area contributed by atoms with Crippen molar-refractivity contribution in [1.82, 2.24) is 14.8 Å². The molecule has 0 radical (unpaired) electrons. The molecule has 4 N–H and O–H groups in total. The molecule has 0 saturated carbocycles. The summed E-state index contributed by atoms with van der Waals surface area (Å²) in [5.74, 6) is 0.614. The maximum atomic E-state index is 5.63. The molecule has 0 amide bonds. The molecule has 5 heteroatoms. The second kappa shape index (κ2) is 4.65. The lowest BCUT2D eigenvalue weighted by atomic mass is 10.1. The van der Waals surface area contributed by atoms with E-state index in [1.54, 1.807) is 4.68 Å². The van der Waals surface area contributed by atoms with Crippen molar-refractivity contribution in [3.8, 4) is 0 Å². The zero-order chi connectivity index (χ0) is 11.4. The Bertz CT molecular complexity index is 449. The van der Waals surface area contributed by atoms with Crippen LogP contribution in [0.3, 0.4) is 0 Å². The van der Waals surface area contributed by atoms with Gasteiger partial charge in [0, 0.05) is 6.54 Å². The molecule has 2 aromatic rings. The Morgan fingerprint density at radius 2 is 1.88 bits per heavy atom. The van der Waals surface area contributed by atoms with Gasteiger partial charge in [-0.2, -0.15) is 4.98 Å². The molecular weight excluding hydrogens is 202 g/mol. The summed E-state index contributed by atoms with van der Waals surface area (Å²) < 4.78 is 1.64. The Hall–Kier alpha value is -2.04. The third-order valence-electron chi connectivity index (χ3n) is 2.39. The van der Waals surface area contributed by atoms with Crippen molar-refractivity contribution >= 4 is 11.9 Å². The minimum Gasteiger partial charge on any atom is -0.368 e. The topological polar surface area (TPSA) is 82.7 Å². The van der Waals surface area contributed by atoms with E-state index >= 15 is 0 Å². The molecule has 0 spiro atoms. The number of hydrogen-bond donors (Lipinski definition) is 2. The van der Waals surface area contributed by atoms with Crippen LogP contribution in [0.4, 0.5) is 11.9 Å². The standard InChI is InChI=1S/C11H15N5/c12-10-14-11(13)16(15-10)8-4-7-9-5-2-1-3-6-9/h1-3,5-6H,4,7-8H2,(H4,12,13,14,15). The van der Waals surface area contributed by atoms with E-state index in [-0.39, 0.29) is 5.95 Å². The van der Waals surface area contributed by atoms with E-state index in [0.717, 1.165) is 19.4 Å². The van der Waals surface area contributed by atoms with Gasteiger partial charge in [-0.1, -0.05) is 30.3 Å². The van der Waals surface area contributed by atoms with Gasteiger partial charge in [0.2, 0.25) is 11.9 Å². The molecule has 84 valence electrons. The van der Waals surface area contributed by atoms with Gasteiger partial charge in [-0.3, -0.25) is 0 Å². The van der Waals surface area contributed by atoms with Crippen molar-refractivity contribution in [3.05, 3.63) is 35.9 Å². The van der Waals surface area contributed by atoms with Crippen LogP contribution in [-0.2, 0) is 13.0 Å². The third-order valence-corrected chi connectivity index (χ3v) is 2.39. The molecule has 0 fully saturated rings. The summed E-state index contributed by atoms with van der Waals surface area (Å²) >= 11 is 0. The molecule has 1 heterocycles. The van der Waals surface area contributed by atoms with Crippen LogP contribution in [0.25, 0.3) is 0 Å². The van der Waals surface area contributed by atoms with E-state index in [9.17, 15) is 0 Å². The highest BCUT2D eigenvalue weighted by atomic mass is 15.4. The third kappa shape index (κ3) is 2.50. The first-order valence-corrected chi connectivity index (χ1v) is 5.25.